The van der Waals surface area contributed by atoms with Crippen LogP contribution in [0, 0.1) is 0 Å². The lowest BCUT2D eigenvalue weighted by molar-refractivity contribution is 0.353. The van der Waals surface area contributed by atoms with Gasteiger partial charge in [0.25, 0.3) is 0 Å². The standard InChI is InChI=1S/C15H32N4.HI/c1-6-8-9-10-11-13-19(5)15(16-3)17-12-14-18(4)7-2;/h6H,1,7-14H2,2-5H3,(H,16,17);1H. The molecule has 0 aliphatic heterocycles. The molecule has 0 atom stereocenters. The van der Waals surface area contributed by atoms with Gasteiger partial charge in [0, 0.05) is 33.7 Å². The third-order valence-electron chi connectivity index (χ3n) is 3.29. The quantitative estimate of drug-likeness (QED) is 0.203. The van der Waals surface area contributed by atoms with Crippen molar-refractivity contribution in [3.63, 3.8) is 0 Å². The van der Waals surface area contributed by atoms with Crippen LogP contribution in [0.2, 0.25) is 0 Å². The molecule has 0 aromatic heterocycles. The van der Waals surface area contributed by atoms with Gasteiger partial charge in [-0.25, -0.2) is 0 Å². The van der Waals surface area contributed by atoms with Gasteiger partial charge >= 0.3 is 0 Å². The second-order valence-corrected chi connectivity index (χ2v) is 4.93. The summed E-state index contributed by atoms with van der Waals surface area (Å²) in [7, 11) is 6.08. The molecule has 0 radical (unpaired) electrons. The monoisotopic (exact) mass is 396 g/mol. The van der Waals surface area contributed by atoms with Gasteiger partial charge in [-0.05, 0) is 32.9 Å². The highest BCUT2D eigenvalue weighted by atomic mass is 127. The lowest BCUT2D eigenvalue weighted by atomic mass is 10.2. The number of guanidine groups is 1. The Bertz CT molecular complexity index is 256. The molecule has 0 heterocycles. The maximum absolute atomic E-state index is 4.32. The summed E-state index contributed by atoms with van der Waals surface area (Å²) in [5.74, 6) is 0.994. The van der Waals surface area contributed by atoms with Crippen LogP contribution in [0.25, 0.3) is 0 Å². The highest BCUT2D eigenvalue weighted by Crippen LogP contribution is 2.01. The van der Waals surface area contributed by atoms with E-state index in [1.165, 1.54) is 19.3 Å². The highest BCUT2D eigenvalue weighted by molar-refractivity contribution is 14.0. The van der Waals surface area contributed by atoms with Crippen LogP contribution < -0.4 is 5.32 Å². The molecule has 1 N–H and O–H groups in total. The van der Waals surface area contributed by atoms with E-state index in [-0.39, 0.29) is 24.0 Å². The molecule has 0 rings (SSSR count). The molecule has 120 valence electrons. The number of nitrogens with one attached hydrogen (secondary N) is 1. The largest absolute Gasteiger partial charge is 0.355 e. The summed E-state index contributed by atoms with van der Waals surface area (Å²) in [6.45, 7) is 10.0. The molecule has 0 saturated heterocycles. The number of rotatable bonds is 10. The van der Waals surface area contributed by atoms with E-state index in [2.05, 4.69) is 47.7 Å². The van der Waals surface area contributed by atoms with Crippen molar-refractivity contribution in [2.24, 2.45) is 4.99 Å². The Morgan fingerprint density at radius 1 is 1.20 bits per heavy atom. The lowest BCUT2D eigenvalue weighted by Crippen LogP contribution is -2.42. The molecule has 0 amide bonds. The first-order chi connectivity index (χ1) is 9.15. The zero-order valence-electron chi connectivity index (χ0n) is 13.7. The zero-order chi connectivity index (χ0) is 14.5. The number of halogens is 1. The average molecular weight is 396 g/mol. The van der Waals surface area contributed by atoms with Crippen molar-refractivity contribution < 1.29 is 0 Å². The van der Waals surface area contributed by atoms with Crippen molar-refractivity contribution in [3.8, 4) is 0 Å². The molecule has 0 bridgehead atoms. The lowest BCUT2D eigenvalue weighted by Gasteiger charge is -2.23. The van der Waals surface area contributed by atoms with Crippen LogP contribution in [-0.2, 0) is 0 Å². The normalized spacial score (nSPS) is 11.2. The van der Waals surface area contributed by atoms with Crippen molar-refractivity contribution in [1.82, 2.24) is 15.1 Å². The van der Waals surface area contributed by atoms with Crippen molar-refractivity contribution >= 4 is 29.9 Å². The molecule has 0 aliphatic carbocycles. The van der Waals surface area contributed by atoms with Crippen LogP contribution in [0.3, 0.4) is 0 Å². The van der Waals surface area contributed by atoms with Gasteiger partial charge in [-0.2, -0.15) is 0 Å². The summed E-state index contributed by atoms with van der Waals surface area (Å²) < 4.78 is 0. The van der Waals surface area contributed by atoms with E-state index in [9.17, 15) is 0 Å². The molecule has 0 unspecified atom stereocenters. The number of hydrogen-bond donors (Lipinski definition) is 1. The summed E-state index contributed by atoms with van der Waals surface area (Å²) in [5, 5.41) is 3.40. The maximum Gasteiger partial charge on any atom is 0.193 e. The predicted molar refractivity (Wildman–Crippen MR) is 101 cm³/mol. The number of nitrogens with zero attached hydrogens (tertiary/aromatic N) is 3. The molecule has 0 aliphatic rings. The smallest absolute Gasteiger partial charge is 0.193 e. The van der Waals surface area contributed by atoms with Crippen LogP contribution in [0.4, 0.5) is 0 Å². The van der Waals surface area contributed by atoms with Gasteiger partial charge in [0.1, 0.15) is 0 Å². The number of allylic oxidation sites excluding steroid dienone is 1. The SMILES string of the molecule is C=CCCCCCN(C)C(=NC)NCCN(C)CC.I. The van der Waals surface area contributed by atoms with Gasteiger partial charge in [-0.15, -0.1) is 30.6 Å². The van der Waals surface area contributed by atoms with Gasteiger partial charge < -0.3 is 15.1 Å². The Labute approximate surface area is 142 Å². The van der Waals surface area contributed by atoms with Gasteiger partial charge in [-0.3, -0.25) is 4.99 Å². The van der Waals surface area contributed by atoms with Gasteiger partial charge in [-0.1, -0.05) is 19.4 Å². The molecule has 5 heteroatoms. The fraction of sp³-hybridized carbons (Fsp3) is 0.800. The molecular formula is C15H33IN4. The van der Waals surface area contributed by atoms with Crippen molar-refractivity contribution in [2.45, 2.75) is 32.6 Å². The number of unbranched alkanes of at least 4 members (excludes halogenated alkanes) is 3. The minimum absolute atomic E-state index is 0. The van der Waals surface area contributed by atoms with E-state index in [0.717, 1.165) is 38.6 Å². The predicted octanol–water partition coefficient (Wildman–Crippen LogP) is 2.81. The van der Waals surface area contributed by atoms with E-state index in [0.29, 0.717) is 0 Å². The molecular weight excluding hydrogens is 363 g/mol. The number of hydrogen-bond acceptors (Lipinski definition) is 2. The fourth-order valence-electron chi connectivity index (χ4n) is 1.82. The van der Waals surface area contributed by atoms with E-state index in [4.69, 9.17) is 0 Å². The number of likely N-dealkylation sites (N-methyl/N-ethyl adjacent to an activating group) is 1. The van der Waals surface area contributed by atoms with E-state index >= 15 is 0 Å². The molecule has 0 saturated carbocycles. The van der Waals surface area contributed by atoms with E-state index in [1.807, 2.05) is 13.1 Å². The zero-order valence-corrected chi connectivity index (χ0v) is 16.0. The Hall–Kier alpha value is -0.300. The van der Waals surface area contributed by atoms with Crippen molar-refractivity contribution in [3.05, 3.63) is 12.7 Å². The minimum Gasteiger partial charge on any atom is -0.355 e. The highest BCUT2D eigenvalue weighted by Gasteiger charge is 2.04. The first kappa shape index (κ1) is 22.0. The van der Waals surface area contributed by atoms with Crippen LogP contribution in [0.15, 0.2) is 17.6 Å². The first-order valence-corrected chi connectivity index (χ1v) is 7.36. The second-order valence-electron chi connectivity index (χ2n) is 4.93. The third-order valence-corrected chi connectivity index (χ3v) is 3.29. The molecule has 0 aromatic carbocycles. The Morgan fingerprint density at radius 2 is 1.90 bits per heavy atom. The Kier molecular flexibility index (Phi) is 16.6. The van der Waals surface area contributed by atoms with Gasteiger partial charge in [0.2, 0.25) is 0 Å². The summed E-state index contributed by atoms with van der Waals surface area (Å²) in [6, 6.07) is 0. The summed E-state index contributed by atoms with van der Waals surface area (Å²) in [6.07, 6.45) is 6.82. The van der Waals surface area contributed by atoms with Gasteiger partial charge in [0.15, 0.2) is 5.96 Å². The summed E-state index contributed by atoms with van der Waals surface area (Å²) in [5.41, 5.74) is 0. The van der Waals surface area contributed by atoms with Crippen LogP contribution in [-0.4, -0.2) is 63.1 Å². The van der Waals surface area contributed by atoms with Crippen LogP contribution in [0.5, 0.6) is 0 Å². The molecule has 0 spiro atoms. The molecule has 4 nitrogen and oxygen atoms in total. The van der Waals surface area contributed by atoms with Crippen LogP contribution >= 0.6 is 24.0 Å². The summed E-state index contributed by atoms with van der Waals surface area (Å²) >= 11 is 0. The van der Waals surface area contributed by atoms with Crippen molar-refractivity contribution in [2.75, 3.05) is 47.3 Å². The topological polar surface area (TPSA) is 30.9 Å². The molecule has 0 aromatic rings. The summed E-state index contributed by atoms with van der Waals surface area (Å²) in [4.78, 5) is 8.82. The second kappa shape index (κ2) is 15.1. The van der Waals surface area contributed by atoms with Crippen molar-refractivity contribution in [1.29, 1.82) is 0 Å². The maximum atomic E-state index is 4.32. The molecule has 20 heavy (non-hydrogen) atoms. The third kappa shape index (κ3) is 11.5. The van der Waals surface area contributed by atoms with Crippen LogP contribution in [0.1, 0.15) is 32.6 Å². The Morgan fingerprint density at radius 3 is 2.45 bits per heavy atom. The fourth-order valence-corrected chi connectivity index (χ4v) is 1.82. The average Bonchev–Trinajstić information content (AvgIpc) is 2.42. The van der Waals surface area contributed by atoms with E-state index in [1.54, 1.807) is 0 Å². The minimum atomic E-state index is 0. The number of aliphatic imine (C=N–C) groups is 1. The Balaban J connectivity index is 0. The van der Waals surface area contributed by atoms with Gasteiger partial charge in [0.05, 0.1) is 0 Å². The first-order valence-electron chi connectivity index (χ1n) is 7.36. The molecule has 0 fully saturated rings. The van der Waals surface area contributed by atoms with E-state index < -0.39 is 0 Å².